The molecule has 1 aromatic rings. The summed E-state index contributed by atoms with van der Waals surface area (Å²) in [5, 5.41) is 20.2. The van der Waals surface area contributed by atoms with Crippen LogP contribution in [-0.4, -0.2) is 53.6 Å². The summed E-state index contributed by atoms with van der Waals surface area (Å²) < 4.78 is 10.4. The summed E-state index contributed by atoms with van der Waals surface area (Å²) in [4.78, 5) is 11.3. The van der Waals surface area contributed by atoms with E-state index in [0.717, 1.165) is 6.61 Å². The number of epoxide rings is 1. The smallest absolute Gasteiger partial charge is 0.255 e. The second-order valence-corrected chi connectivity index (χ2v) is 3.98. The standard InChI is InChI=1S/C12H15NO5.H2O/c14-5-11(15)12(16)13-8-1-3-9(4-2-8)17-6-10-7-18-10;/h1-4,10-11,14-15H,5-7H2,(H,13,16);1H2. The molecular weight excluding hydrogens is 254 g/mol. The Labute approximate surface area is 110 Å². The topological polar surface area (TPSA) is 123 Å². The monoisotopic (exact) mass is 271 g/mol. The number of benzene rings is 1. The van der Waals surface area contributed by atoms with E-state index in [1.165, 1.54) is 0 Å². The van der Waals surface area contributed by atoms with Crippen LogP contribution < -0.4 is 10.1 Å². The number of hydrogen-bond acceptors (Lipinski definition) is 5. The van der Waals surface area contributed by atoms with Crippen LogP contribution in [0.3, 0.4) is 0 Å². The minimum absolute atomic E-state index is 0. The molecule has 5 N–H and O–H groups in total. The van der Waals surface area contributed by atoms with E-state index in [-0.39, 0.29) is 11.6 Å². The molecule has 1 amide bonds. The average molecular weight is 271 g/mol. The lowest BCUT2D eigenvalue weighted by molar-refractivity contribution is -0.125. The summed E-state index contributed by atoms with van der Waals surface area (Å²) in [6.45, 7) is 0.663. The van der Waals surface area contributed by atoms with Crippen LogP contribution >= 0.6 is 0 Å². The molecule has 0 spiro atoms. The molecule has 1 aromatic carbocycles. The third kappa shape index (κ3) is 4.84. The molecule has 2 atom stereocenters. The second-order valence-electron chi connectivity index (χ2n) is 3.98. The molecule has 7 heteroatoms. The van der Waals surface area contributed by atoms with Crippen molar-refractivity contribution in [1.82, 2.24) is 0 Å². The summed E-state index contributed by atoms with van der Waals surface area (Å²) in [7, 11) is 0. The summed E-state index contributed by atoms with van der Waals surface area (Å²) in [6.07, 6.45) is -1.21. The number of carbonyl (C=O) groups is 1. The number of nitrogens with one attached hydrogen (secondary N) is 1. The fraction of sp³-hybridized carbons (Fsp3) is 0.417. The number of ether oxygens (including phenoxy) is 2. The molecule has 1 heterocycles. The molecule has 19 heavy (non-hydrogen) atoms. The van der Waals surface area contributed by atoms with Crippen LogP contribution in [0.4, 0.5) is 5.69 Å². The van der Waals surface area contributed by atoms with E-state index >= 15 is 0 Å². The zero-order valence-corrected chi connectivity index (χ0v) is 10.2. The van der Waals surface area contributed by atoms with E-state index in [9.17, 15) is 4.79 Å². The van der Waals surface area contributed by atoms with Gasteiger partial charge in [-0.25, -0.2) is 0 Å². The van der Waals surface area contributed by atoms with Crippen molar-refractivity contribution in [3.05, 3.63) is 24.3 Å². The maximum Gasteiger partial charge on any atom is 0.255 e. The lowest BCUT2D eigenvalue weighted by Crippen LogP contribution is -2.30. The molecule has 2 unspecified atom stereocenters. The molecule has 106 valence electrons. The van der Waals surface area contributed by atoms with Crippen molar-refractivity contribution in [2.24, 2.45) is 0 Å². The predicted molar refractivity (Wildman–Crippen MR) is 67.0 cm³/mol. The first-order valence-corrected chi connectivity index (χ1v) is 5.63. The fourth-order valence-electron chi connectivity index (χ4n) is 1.30. The van der Waals surface area contributed by atoms with Gasteiger partial charge >= 0.3 is 0 Å². The Kier molecular flexibility index (Phi) is 5.71. The number of carbonyl (C=O) groups excluding carboxylic acids is 1. The van der Waals surface area contributed by atoms with Crippen LogP contribution in [0.2, 0.25) is 0 Å². The molecule has 0 saturated carbocycles. The zero-order chi connectivity index (χ0) is 13.0. The Morgan fingerprint density at radius 2 is 2.11 bits per heavy atom. The zero-order valence-electron chi connectivity index (χ0n) is 10.2. The molecule has 0 bridgehead atoms. The first kappa shape index (κ1) is 15.4. The van der Waals surface area contributed by atoms with Crippen molar-refractivity contribution >= 4 is 11.6 Å². The minimum Gasteiger partial charge on any atom is -0.491 e. The Morgan fingerprint density at radius 3 is 2.63 bits per heavy atom. The lowest BCUT2D eigenvalue weighted by atomic mass is 10.2. The van der Waals surface area contributed by atoms with E-state index in [1.54, 1.807) is 24.3 Å². The van der Waals surface area contributed by atoms with Gasteiger partial charge in [-0.1, -0.05) is 0 Å². The number of aliphatic hydroxyl groups is 2. The van der Waals surface area contributed by atoms with E-state index in [4.69, 9.17) is 19.7 Å². The highest BCUT2D eigenvalue weighted by Gasteiger charge is 2.23. The molecule has 1 aliphatic heterocycles. The van der Waals surface area contributed by atoms with E-state index in [2.05, 4.69) is 5.32 Å². The van der Waals surface area contributed by atoms with Crippen molar-refractivity contribution in [1.29, 1.82) is 0 Å². The van der Waals surface area contributed by atoms with Gasteiger partial charge in [0, 0.05) is 5.69 Å². The number of anilines is 1. The van der Waals surface area contributed by atoms with Gasteiger partial charge in [0.05, 0.1) is 13.2 Å². The van der Waals surface area contributed by atoms with Gasteiger partial charge in [-0.3, -0.25) is 4.79 Å². The Morgan fingerprint density at radius 1 is 1.47 bits per heavy atom. The Balaban J connectivity index is 0.00000180. The highest BCUT2D eigenvalue weighted by atomic mass is 16.6. The van der Waals surface area contributed by atoms with Gasteiger partial charge in [0.25, 0.3) is 5.91 Å². The van der Waals surface area contributed by atoms with Crippen molar-refractivity contribution in [3.63, 3.8) is 0 Å². The van der Waals surface area contributed by atoms with Gasteiger partial charge in [-0.05, 0) is 24.3 Å². The lowest BCUT2D eigenvalue weighted by Gasteiger charge is -2.09. The molecular formula is C12H17NO6. The summed E-state index contributed by atoms with van der Waals surface area (Å²) in [5.74, 6) is 0.0451. The second kappa shape index (κ2) is 7.05. The first-order chi connectivity index (χ1) is 8.69. The quantitative estimate of drug-likeness (QED) is 0.568. The largest absolute Gasteiger partial charge is 0.491 e. The number of amides is 1. The third-order valence-corrected chi connectivity index (χ3v) is 2.44. The van der Waals surface area contributed by atoms with Crippen molar-refractivity contribution < 1.29 is 30.0 Å². The normalized spacial score (nSPS) is 18.1. The number of hydrogen-bond donors (Lipinski definition) is 3. The van der Waals surface area contributed by atoms with Gasteiger partial charge in [0.1, 0.15) is 18.5 Å². The van der Waals surface area contributed by atoms with Crippen LogP contribution in [-0.2, 0) is 9.53 Å². The molecule has 0 aliphatic carbocycles. The predicted octanol–water partition coefficient (Wildman–Crippen LogP) is -1.07. The van der Waals surface area contributed by atoms with Crippen LogP contribution in [0.25, 0.3) is 0 Å². The average Bonchev–Trinajstić information content (AvgIpc) is 3.21. The molecule has 0 aromatic heterocycles. The minimum atomic E-state index is -1.41. The fourth-order valence-corrected chi connectivity index (χ4v) is 1.30. The third-order valence-electron chi connectivity index (χ3n) is 2.44. The SMILES string of the molecule is O.O=C(Nc1ccc(OCC2CO2)cc1)C(O)CO. The maximum absolute atomic E-state index is 11.3. The highest BCUT2D eigenvalue weighted by Crippen LogP contribution is 2.18. The van der Waals surface area contributed by atoms with E-state index < -0.39 is 18.6 Å². The molecule has 1 aliphatic rings. The molecule has 2 rings (SSSR count). The van der Waals surface area contributed by atoms with Crippen LogP contribution in [0.1, 0.15) is 0 Å². The van der Waals surface area contributed by atoms with Gasteiger partial charge in [-0.15, -0.1) is 0 Å². The van der Waals surface area contributed by atoms with Crippen LogP contribution in [0, 0.1) is 0 Å². The molecule has 7 nitrogen and oxygen atoms in total. The summed E-state index contributed by atoms with van der Waals surface area (Å²) in [6, 6.07) is 6.74. The van der Waals surface area contributed by atoms with Gasteiger partial charge in [0.15, 0.2) is 6.10 Å². The highest BCUT2D eigenvalue weighted by molar-refractivity contribution is 5.94. The van der Waals surface area contributed by atoms with Gasteiger partial charge < -0.3 is 30.5 Å². The van der Waals surface area contributed by atoms with Gasteiger partial charge in [-0.2, -0.15) is 0 Å². The Hall–Kier alpha value is -1.67. The number of rotatable bonds is 6. The van der Waals surface area contributed by atoms with E-state index in [0.29, 0.717) is 18.0 Å². The van der Waals surface area contributed by atoms with E-state index in [1.807, 2.05) is 0 Å². The van der Waals surface area contributed by atoms with Crippen molar-refractivity contribution in [3.8, 4) is 5.75 Å². The molecule has 0 radical (unpaired) electrons. The van der Waals surface area contributed by atoms with Crippen LogP contribution in [0.15, 0.2) is 24.3 Å². The van der Waals surface area contributed by atoms with Crippen LogP contribution in [0.5, 0.6) is 5.75 Å². The first-order valence-electron chi connectivity index (χ1n) is 5.63. The summed E-state index contributed by atoms with van der Waals surface area (Å²) >= 11 is 0. The van der Waals surface area contributed by atoms with Crippen molar-refractivity contribution in [2.45, 2.75) is 12.2 Å². The van der Waals surface area contributed by atoms with Gasteiger partial charge in [0.2, 0.25) is 0 Å². The summed E-state index contributed by atoms with van der Waals surface area (Å²) in [5.41, 5.74) is 0.530. The Bertz CT molecular complexity index is 403. The maximum atomic E-state index is 11.3. The van der Waals surface area contributed by atoms with Crippen molar-refractivity contribution in [2.75, 3.05) is 25.1 Å². The molecule has 1 fully saturated rings. The number of aliphatic hydroxyl groups excluding tert-OH is 2. The molecule has 1 saturated heterocycles.